The maximum Gasteiger partial charge on any atom is 0.275 e. The van der Waals surface area contributed by atoms with Crippen LogP contribution in [0.3, 0.4) is 0 Å². The fraction of sp³-hybridized carbons (Fsp3) is 0.467. The highest BCUT2D eigenvalue weighted by molar-refractivity contribution is 7.16. The molecule has 4 heterocycles. The molecule has 23 heavy (non-hydrogen) atoms. The molecule has 0 saturated carbocycles. The number of aromatic nitrogens is 4. The average Bonchev–Trinajstić information content (AvgIpc) is 3.18. The molecule has 4 rings (SSSR count). The Kier molecular flexibility index (Phi) is 3.50. The molecule has 0 unspecified atom stereocenters. The van der Waals surface area contributed by atoms with Crippen molar-refractivity contribution in [3.05, 3.63) is 44.6 Å². The number of likely N-dealkylation sites (tertiary alicyclic amines) is 1. The van der Waals surface area contributed by atoms with Crippen LogP contribution in [0.2, 0.25) is 0 Å². The highest BCUT2D eigenvalue weighted by Gasteiger charge is 2.29. The molecule has 0 aliphatic carbocycles. The Balaban J connectivity index is 1.62. The Labute approximate surface area is 136 Å². The molecule has 0 spiro atoms. The molecule has 1 aliphatic heterocycles. The smallest absolute Gasteiger partial charge is 0.275 e. The van der Waals surface area contributed by atoms with Crippen molar-refractivity contribution in [1.82, 2.24) is 24.7 Å². The molecule has 7 nitrogen and oxygen atoms in total. The van der Waals surface area contributed by atoms with Gasteiger partial charge in [-0.2, -0.15) is 9.61 Å². The van der Waals surface area contributed by atoms with Gasteiger partial charge >= 0.3 is 0 Å². The van der Waals surface area contributed by atoms with Crippen molar-refractivity contribution < 1.29 is 4.52 Å². The van der Waals surface area contributed by atoms with Gasteiger partial charge in [0.2, 0.25) is 4.96 Å². The summed E-state index contributed by atoms with van der Waals surface area (Å²) in [5.74, 6) is 0.832. The van der Waals surface area contributed by atoms with Crippen molar-refractivity contribution in [2.75, 3.05) is 6.54 Å². The molecule has 3 aromatic heterocycles. The fourth-order valence-electron chi connectivity index (χ4n) is 3.09. The lowest BCUT2D eigenvalue weighted by Crippen LogP contribution is -2.23. The SMILES string of the molecule is Cc1cc(=O)n2nc(CN3CCC[C@H]3c3cc(C)on3)sc2n1. The van der Waals surface area contributed by atoms with Crippen LogP contribution in [0.15, 0.2) is 21.5 Å². The Hall–Kier alpha value is -2.06. The van der Waals surface area contributed by atoms with E-state index in [1.165, 1.54) is 21.9 Å². The van der Waals surface area contributed by atoms with Gasteiger partial charge in [-0.1, -0.05) is 16.5 Å². The average molecular weight is 331 g/mol. The summed E-state index contributed by atoms with van der Waals surface area (Å²) in [6.45, 7) is 5.42. The van der Waals surface area contributed by atoms with E-state index in [4.69, 9.17) is 4.52 Å². The van der Waals surface area contributed by atoms with Gasteiger partial charge in [0.25, 0.3) is 5.56 Å². The van der Waals surface area contributed by atoms with Gasteiger partial charge in [0.05, 0.1) is 12.6 Å². The van der Waals surface area contributed by atoms with Gasteiger partial charge in [0.1, 0.15) is 16.5 Å². The number of aryl methyl sites for hydroxylation is 2. The predicted octanol–water partition coefficient (Wildman–Crippen LogP) is 2.09. The Morgan fingerprint density at radius 2 is 2.26 bits per heavy atom. The molecule has 0 aromatic carbocycles. The Bertz CT molecular complexity index is 912. The molecule has 1 atom stereocenters. The lowest BCUT2D eigenvalue weighted by atomic mass is 10.1. The predicted molar refractivity (Wildman–Crippen MR) is 85.5 cm³/mol. The minimum Gasteiger partial charge on any atom is -0.361 e. The summed E-state index contributed by atoms with van der Waals surface area (Å²) in [6, 6.07) is 3.76. The van der Waals surface area contributed by atoms with E-state index in [0.29, 0.717) is 11.5 Å². The third-order valence-corrected chi connectivity index (χ3v) is 5.00. The van der Waals surface area contributed by atoms with Crippen LogP contribution < -0.4 is 5.56 Å². The van der Waals surface area contributed by atoms with Crippen molar-refractivity contribution in [1.29, 1.82) is 0 Å². The van der Waals surface area contributed by atoms with E-state index in [1.54, 1.807) is 0 Å². The molecule has 0 bridgehead atoms. The van der Waals surface area contributed by atoms with Crippen molar-refractivity contribution >= 4 is 16.3 Å². The molecule has 1 fully saturated rings. The van der Waals surface area contributed by atoms with Crippen LogP contribution in [0.25, 0.3) is 4.96 Å². The summed E-state index contributed by atoms with van der Waals surface area (Å²) >= 11 is 1.47. The summed E-state index contributed by atoms with van der Waals surface area (Å²) in [7, 11) is 0. The fourth-order valence-corrected chi connectivity index (χ4v) is 4.06. The molecule has 1 aliphatic rings. The third-order valence-electron chi connectivity index (χ3n) is 4.10. The number of hydrogen-bond donors (Lipinski definition) is 0. The maximum atomic E-state index is 12.0. The number of fused-ring (bicyclic) bond motifs is 1. The maximum absolute atomic E-state index is 12.0. The van der Waals surface area contributed by atoms with Crippen molar-refractivity contribution in [3.8, 4) is 0 Å². The first kappa shape index (κ1) is 14.5. The minimum atomic E-state index is -0.125. The second-order valence-electron chi connectivity index (χ2n) is 5.92. The first-order valence-electron chi connectivity index (χ1n) is 7.64. The normalized spacial score (nSPS) is 19.0. The van der Waals surface area contributed by atoms with Crippen molar-refractivity contribution in [2.45, 2.75) is 39.3 Å². The van der Waals surface area contributed by atoms with E-state index in [0.717, 1.165) is 41.5 Å². The summed E-state index contributed by atoms with van der Waals surface area (Å²) in [4.78, 5) is 19.3. The lowest BCUT2D eigenvalue weighted by Gasteiger charge is -2.20. The second-order valence-corrected chi connectivity index (χ2v) is 6.96. The van der Waals surface area contributed by atoms with E-state index in [2.05, 4.69) is 20.1 Å². The van der Waals surface area contributed by atoms with E-state index in [9.17, 15) is 4.79 Å². The highest BCUT2D eigenvalue weighted by Crippen LogP contribution is 2.33. The van der Waals surface area contributed by atoms with Crippen LogP contribution in [-0.4, -0.2) is 31.2 Å². The zero-order valence-corrected chi connectivity index (χ0v) is 13.8. The van der Waals surface area contributed by atoms with Crippen LogP contribution in [0.1, 0.15) is 41.0 Å². The van der Waals surface area contributed by atoms with Crippen LogP contribution in [-0.2, 0) is 6.54 Å². The van der Waals surface area contributed by atoms with Gasteiger partial charge in [0, 0.05) is 17.8 Å². The zero-order valence-electron chi connectivity index (χ0n) is 13.0. The molecular formula is C15H17N5O2S. The van der Waals surface area contributed by atoms with E-state index >= 15 is 0 Å². The molecule has 0 N–H and O–H groups in total. The van der Waals surface area contributed by atoms with Gasteiger partial charge in [0.15, 0.2) is 0 Å². The topological polar surface area (TPSA) is 76.5 Å². The lowest BCUT2D eigenvalue weighted by molar-refractivity contribution is 0.235. The van der Waals surface area contributed by atoms with Crippen LogP contribution in [0.5, 0.6) is 0 Å². The standard InChI is InChI=1S/C15H17N5O2S/c1-9-6-14(21)20-15(16-9)23-13(17-20)8-19-5-3-4-12(19)11-7-10(2)22-18-11/h6-7,12H,3-5,8H2,1-2H3/t12-/m0/s1. The second kappa shape index (κ2) is 5.54. The van der Waals surface area contributed by atoms with Crippen molar-refractivity contribution in [2.24, 2.45) is 0 Å². The number of rotatable bonds is 3. The number of nitrogens with zero attached hydrogens (tertiary/aromatic N) is 5. The van der Waals surface area contributed by atoms with Gasteiger partial charge in [-0.15, -0.1) is 0 Å². The zero-order chi connectivity index (χ0) is 16.0. The largest absolute Gasteiger partial charge is 0.361 e. The summed E-state index contributed by atoms with van der Waals surface area (Å²) in [6.07, 6.45) is 2.19. The van der Waals surface area contributed by atoms with E-state index in [1.807, 2.05) is 19.9 Å². The van der Waals surface area contributed by atoms with Crippen LogP contribution in [0, 0.1) is 13.8 Å². The van der Waals surface area contributed by atoms with Gasteiger partial charge in [-0.05, 0) is 33.2 Å². The first-order valence-corrected chi connectivity index (χ1v) is 8.45. The molecule has 0 radical (unpaired) electrons. The van der Waals surface area contributed by atoms with E-state index < -0.39 is 0 Å². The minimum absolute atomic E-state index is 0.125. The summed E-state index contributed by atoms with van der Waals surface area (Å²) < 4.78 is 6.59. The van der Waals surface area contributed by atoms with Gasteiger partial charge in [-0.25, -0.2) is 4.98 Å². The molecule has 1 saturated heterocycles. The van der Waals surface area contributed by atoms with Crippen LogP contribution in [0.4, 0.5) is 0 Å². The molecule has 3 aromatic rings. The van der Waals surface area contributed by atoms with Crippen molar-refractivity contribution in [3.63, 3.8) is 0 Å². The Morgan fingerprint density at radius 3 is 3.04 bits per heavy atom. The Morgan fingerprint density at radius 1 is 1.39 bits per heavy atom. The molecular weight excluding hydrogens is 314 g/mol. The molecule has 120 valence electrons. The van der Waals surface area contributed by atoms with Gasteiger partial charge < -0.3 is 4.52 Å². The van der Waals surface area contributed by atoms with Crippen LogP contribution >= 0.6 is 11.3 Å². The quantitative estimate of drug-likeness (QED) is 0.731. The first-order chi connectivity index (χ1) is 11.1. The van der Waals surface area contributed by atoms with E-state index in [-0.39, 0.29) is 11.6 Å². The summed E-state index contributed by atoms with van der Waals surface area (Å²) in [5, 5.41) is 9.48. The molecule has 0 amide bonds. The summed E-state index contributed by atoms with van der Waals surface area (Å²) in [5.41, 5.74) is 1.58. The highest BCUT2D eigenvalue weighted by atomic mass is 32.1. The third kappa shape index (κ3) is 2.68. The monoisotopic (exact) mass is 331 g/mol. The molecule has 8 heteroatoms. The number of hydrogen-bond acceptors (Lipinski definition) is 7. The van der Waals surface area contributed by atoms with Gasteiger partial charge in [-0.3, -0.25) is 9.69 Å².